The Labute approximate surface area is 155 Å². The molecule has 4 heteroatoms. The topological polar surface area (TPSA) is 69.6 Å². The van der Waals surface area contributed by atoms with E-state index in [-0.39, 0.29) is 12.5 Å². The molecule has 0 aromatic heterocycles. The number of aliphatic hydroxyl groups is 2. The molecule has 150 valence electrons. The monoisotopic (exact) mass is 357 g/mol. The van der Waals surface area contributed by atoms with Crippen LogP contribution in [0.15, 0.2) is 0 Å². The van der Waals surface area contributed by atoms with Gasteiger partial charge in [-0.15, -0.1) is 0 Å². The Kier molecular flexibility index (Phi) is 17.7. The third kappa shape index (κ3) is 15.4. The van der Waals surface area contributed by atoms with Gasteiger partial charge in [-0.05, 0) is 12.8 Å². The van der Waals surface area contributed by atoms with E-state index in [1.165, 1.54) is 57.8 Å². The largest absolute Gasteiger partial charge is 0.394 e. The maximum absolute atomic E-state index is 11.9. The predicted octanol–water partition coefficient (Wildman–Crippen LogP) is 4.72. The highest BCUT2D eigenvalue weighted by Gasteiger charge is 2.19. The van der Waals surface area contributed by atoms with Gasteiger partial charge in [0.25, 0.3) is 0 Å². The summed E-state index contributed by atoms with van der Waals surface area (Å²) >= 11 is 0. The van der Waals surface area contributed by atoms with Gasteiger partial charge in [0.05, 0.1) is 18.8 Å². The lowest BCUT2D eigenvalue weighted by atomic mass is 10.0. The zero-order valence-electron chi connectivity index (χ0n) is 16.8. The fourth-order valence-corrected chi connectivity index (χ4v) is 3.12. The fourth-order valence-electron chi connectivity index (χ4n) is 3.12. The van der Waals surface area contributed by atoms with Crippen molar-refractivity contribution in [3.05, 3.63) is 0 Å². The van der Waals surface area contributed by atoms with Crippen LogP contribution in [-0.2, 0) is 4.79 Å². The Morgan fingerprint density at radius 3 is 1.80 bits per heavy atom. The maximum atomic E-state index is 11.9. The maximum Gasteiger partial charge on any atom is 0.220 e. The van der Waals surface area contributed by atoms with Crippen LogP contribution in [0.5, 0.6) is 0 Å². The molecule has 0 aromatic carbocycles. The van der Waals surface area contributed by atoms with E-state index in [2.05, 4.69) is 19.2 Å². The van der Waals surface area contributed by atoms with Crippen molar-refractivity contribution in [3.63, 3.8) is 0 Å². The molecule has 3 N–H and O–H groups in total. The second-order valence-electron chi connectivity index (χ2n) is 7.35. The molecule has 0 saturated carbocycles. The van der Waals surface area contributed by atoms with Gasteiger partial charge in [-0.1, -0.05) is 90.9 Å². The van der Waals surface area contributed by atoms with Gasteiger partial charge >= 0.3 is 0 Å². The third-order valence-electron chi connectivity index (χ3n) is 4.87. The first kappa shape index (κ1) is 24.4. The Balaban J connectivity index is 3.73. The quantitative estimate of drug-likeness (QED) is 0.311. The number of aliphatic hydroxyl groups excluding tert-OH is 2. The van der Waals surface area contributed by atoms with Crippen LogP contribution >= 0.6 is 0 Å². The average Bonchev–Trinajstić information content (AvgIpc) is 2.61. The van der Waals surface area contributed by atoms with E-state index in [4.69, 9.17) is 0 Å². The first-order valence-corrected chi connectivity index (χ1v) is 10.7. The number of unbranched alkanes of at least 4 members (excludes halogenated alkanes) is 11. The first-order valence-electron chi connectivity index (χ1n) is 10.7. The molecule has 0 saturated heterocycles. The molecule has 2 unspecified atom stereocenters. The lowest BCUT2D eigenvalue weighted by Crippen LogP contribution is -2.45. The van der Waals surface area contributed by atoms with Crippen molar-refractivity contribution in [2.24, 2.45) is 0 Å². The third-order valence-corrected chi connectivity index (χ3v) is 4.87. The molecule has 4 nitrogen and oxygen atoms in total. The van der Waals surface area contributed by atoms with E-state index in [9.17, 15) is 15.0 Å². The van der Waals surface area contributed by atoms with Crippen molar-refractivity contribution in [1.82, 2.24) is 5.32 Å². The molecule has 0 aliphatic heterocycles. The van der Waals surface area contributed by atoms with Gasteiger partial charge in [-0.25, -0.2) is 0 Å². The number of rotatable bonds is 18. The summed E-state index contributed by atoms with van der Waals surface area (Å²) < 4.78 is 0. The zero-order chi connectivity index (χ0) is 18.8. The summed E-state index contributed by atoms with van der Waals surface area (Å²) in [5.41, 5.74) is 0. The predicted molar refractivity (Wildman–Crippen MR) is 106 cm³/mol. The van der Waals surface area contributed by atoms with Crippen LogP contribution in [0.2, 0.25) is 0 Å². The lowest BCUT2D eigenvalue weighted by Gasteiger charge is -2.22. The highest BCUT2D eigenvalue weighted by Crippen LogP contribution is 2.12. The molecule has 0 bridgehead atoms. The minimum atomic E-state index is -0.644. The van der Waals surface area contributed by atoms with Gasteiger partial charge in [-0.2, -0.15) is 0 Å². The van der Waals surface area contributed by atoms with E-state index >= 15 is 0 Å². The van der Waals surface area contributed by atoms with Crippen molar-refractivity contribution in [2.45, 2.75) is 122 Å². The molecule has 0 aromatic rings. The van der Waals surface area contributed by atoms with Crippen LogP contribution in [0.3, 0.4) is 0 Å². The van der Waals surface area contributed by atoms with Crippen molar-refractivity contribution in [2.75, 3.05) is 6.61 Å². The number of hydrogen-bond donors (Lipinski definition) is 3. The number of carbonyl (C=O) groups is 1. The van der Waals surface area contributed by atoms with Crippen LogP contribution in [-0.4, -0.2) is 34.9 Å². The summed E-state index contributed by atoms with van der Waals surface area (Å²) in [7, 11) is 0. The normalized spacial score (nSPS) is 13.6. The van der Waals surface area contributed by atoms with Crippen LogP contribution < -0.4 is 5.32 Å². The number of carbonyl (C=O) groups excluding carboxylic acids is 1. The van der Waals surface area contributed by atoms with Crippen LogP contribution in [0.4, 0.5) is 0 Å². The second kappa shape index (κ2) is 18.2. The molecule has 0 aliphatic rings. The highest BCUT2D eigenvalue weighted by atomic mass is 16.3. The van der Waals surface area contributed by atoms with Gasteiger partial charge in [0, 0.05) is 6.42 Å². The van der Waals surface area contributed by atoms with Crippen molar-refractivity contribution < 1.29 is 15.0 Å². The van der Waals surface area contributed by atoms with E-state index in [1.807, 2.05) is 0 Å². The molecule has 0 rings (SSSR count). The van der Waals surface area contributed by atoms with Crippen LogP contribution in [0.25, 0.3) is 0 Å². The summed E-state index contributed by atoms with van der Waals surface area (Å²) in [6, 6.07) is -0.521. The zero-order valence-corrected chi connectivity index (χ0v) is 16.8. The van der Waals surface area contributed by atoms with Crippen LogP contribution in [0.1, 0.15) is 110 Å². The summed E-state index contributed by atoms with van der Waals surface area (Å²) in [5, 5.41) is 22.4. The van der Waals surface area contributed by atoms with Crippen molar-refractivity contribution in [1.29, 1.82) is 0 Å². The average molecular weight is 358 g/mol. The Morgan fingerprint density at radius 1 is 0.800 bits per heavy atom. The van der Waals surface area contributed by atoms with Gasteiger partial charge in [-0.3, -0.25) is 4.79 Å². The van der Waals surface area contributed by atoms with Gasteiger partial charge < -0.3 is 15.5 Å². The molecule has 0 heterocycles. The van der Waals surface area contributed by atoms with Crippen molar-refractivity contribution >= 4 is 5.91 Å². The van der Waals surface area contributed by atoms with E-state index in [1.54, 1.807) is 0 Å². The lowest BCUT2D eigenvalue weighted by molar-refractivity contribution is -0.123. The summed E-state index contributed by atoms with van der Waals surface area (Å²) in [6.45, 7) is 4.21. The molecule has 25 heavy (non-hydrogen) atoms. The van der Waals surface area contributed by atoms with Crippen molar-refractivity contribution in [3.8, 4) is 0 Å². The molecule has 0 aliphatic carbocycles. The SMILES string of the molecule is CCCCCCCCCC(O)C(CO)NC(=O)CCCCCCCC. The molecular formula is C21H43NO3. The number of nitrogens with one attached hydrogen (secondary N) is 1. The van der Waals surface area contributed by atoms with Gasteiger partial charge in [0.15, 0.2) is 0 Å². The molecule has 1 amide bonds. The van der Waals surface area contributed by atoms with Crippen LogP contribution in [0, 0.1) is 0 Å². The minimum absolute atomic E-state index is 0.0480. The molecule has 2 atom stereocenters. The van der Waals surface area contributed by atoms with Gasteiger partial charge in [0.2, 0.25) is 5.91 Å². The Morgan fingerprint density at radius 2 is 1.28 bits per heavy atom. The van der Waals surface area contributed by atoms with E-state index < -0.39 is 12.1 Å². The fraction of sp³-hybridized carbons (Fsp3) is 0.952. The van der Waals surface area contributed by atoms with E-state index in [0.29, 0.717) is 12.8 Å². The standard InChI is InChI=1S/C21H43NO3/c1-3-5-7-9-11-12-14-16-20(24)19(18-23)22-21(25)17-15-13-10-8-6-4-2/h19-20,23-24H,3-18H2,1-2H3,(H,22,25). The molecular weight excluding hydrogens is 314 g/mol. The first-order chi connectivity index (χ1) is 12.2. The minimum Gasteiger partial charge on any atom is -0.394 e. The number of hydrogen-bond acceptors (Lipinski definition) is 3. The Bertz CT molecular complexity index is 297. The smallest absolute Gasteiger partial charge is 0.220 e. The summed E-state index contributed by atoms with van der Waals surface area (Å²) in [5.74, 6) is -0.0480. The Hall–Kier alpha value is -0.610. The van der Waals surface area contributed by atoms with Gasteiger partial charge in [0.1, 0.15) is 0 Å². The summed E-state index contributed by atoms with van der Waals surface area (Å²) in [4.78, 5) is 11.9. The second-order valence-corrected chi connectivity index (χ2v) is 7.35. The molecule has 0 radical (unpaired) electrons. The highest BCUT2D eigenvalue weighted by molar-refractivity contribution is 5.76. The molecule has 0 fully saturated rings. The summed E-state index contributed by atoms with van der Waals surface area (Å²) in [6.07, 6.45) is 15.8. The number of amides is 1. The van der Waals surface area contributed by atoms with E-state index in [0.717, 1.165) is 25.7 Å². The molecule has 0 spiro atoms.